The van der Waals surface area contributed by atoms with Gasteiger partial charge in [0.25, 0.3) is 0 Å². The number of hydrogen-bond donors (Lipinski definition) is 0. The molecule has 0 radical (unpaired) electrons. The Balaban J connectivity index is 0.000000606. The van der Waals surface area contributed by atoms with E-state index in [1.54, 1.807) is 0 Å². The molecule has 1 fully saturated rings. The van der Waals surface area contributed by atoms with E-state index in [0.717, 1.165) is 11.7 Å². The molecule has 0 amide bonds. The maximum atomic E-state index is 4.35. The van der Waals surface area contributed by atoms with Crippen LogP contribution in [0.4, 0.5) is 0 Å². The third-order valence-corrected chi connectivity index (χ3v) is 3.00. The van der Waals surface area contributed by atoms with Crippen LogP contribution in [0, 0.1) is 5.92 Å². The Hall–Kier alpha value is -0.960. The van der Waals surface area contributed by atoms with Crippen LogP contribution in [0.3, 0.4) is 0 Å². The smallest absolute Gasteiger partial charge is 0.145 e. The average Bonchev–Trinajstić information content (AvgIpc) is 2.26. The zero-order valence-corrected chi connectivity index (χ0v) is 10.8. The SMILES string of the molecule is CC.CN(C)C(c1ncccn1)C1CCC1. The zero-order valence-electron chi connectivity index (χ0n) is 10.8. The molecular formula is C13H23N3. The highest BCUT2D eigenvalue weighted by atomic mass is 15.1. The Morgan fingerprint density at radius 3 is 2.12 bits per heavy atom. The second-order valence-electron chi connectivity index (χ2n) is 4.21. The van der Waals surface area contributed by atoms with E-state index >= 15 is 0 Å². The van der Waals surface area contributed by atoms with Gasteiger partial charge in [0.05, 0.1) is 6.04 Å². The molecule has 1 unspecified atom stereocenters. The Morgan fingerprint density at radius 1 is 1.19 bits per heavy atom. The summed E-state index contributed by atoms with van der Waals surface area (Å²) in [5.41, 5.74) is 0. The van der Waals surface area contributed by atoms with Gasteiger partial charge in [-0.15, -0.1) is 0 Å². The van der Waals surface area contributed by atoms with Gasteiger partial charge in [-0.3, -0.25) is 4.90 Å². The van der Waals surface area contributed by atoms with E-state index in [-0.39, 0.29) is 0 Å². The van der Waals surface area contributed by atoms with Crippen molar-refractivity contribution in [2.75, 3.05) is 14.1 Å². The summed E-state index contributed by atoms with van der Waals surface area (Å²) < 4.78 is 0. The second-order valence-corrected chi connectivity index (χ2v) is 4.21. The third-order valence-electron chi connectivity index (χ3n) is 3.00. The molecule has 0 bridgehead atoms. The van der Waals surface area contributed by atoms with Gasteiger partial charge in [0.1, 0.15) is 5.82 Å². The first-order chi connectivity index (χ1) is 7.79. The fourth-order valence-electron chi connectivity index (χ4n) is 2.08. The van der Waals surface area contributed by atoms with Crippen molar-refractivity contribution in [1.29, 1.82) is 0 Å². The molecule has 3 nitrogen and oxygen atoms in total. The lowest BCUT2D eigenvalue weighted by molar-refractivity contribution is 0.134. The third kappa shape index (κ3) is 3.01. The highest BCUT2D eigenvalue weighted by Gasteiger charge is 2.31. The van der Waals surface area contributed by atoms with Gasteiger partial charge in [0.15, 0.2) is 0 Å². The van der Waals surface area contributed by atoms with Crippen LogP contribution < -0.4 is 0 Å². The van der Waals surface area contributed by atoms with Gasteiger partial charge in [-0.1, -0.05) is 20.3 Å². The van der Waals surface area contributed by atoms with Crippen LogP contribution in [-0.2, 0) is 0 Å². The zero-order chi connectivity index (χ0) is 12.0. The van der Waals surface area contributed by atoms with Gasteiger partial charge < -0.3 is 0 Å². The van der Waals surface area contributed by atoms with Gasteiger partial charge in [-0.2, -0.15) is 0 Å². The minimum atomic E-state index is 0.407. The van der Waals surface area contributed by atoms with E-state index in [1.807, 2.05) is 32.3 Å². The summed E-state index contributed by atoms with van der Waals surface area (Å²) in [6, 6.07) is 2.28. The molecule has 0 aromatic carbocycles. The molecule has 0 aliphatic heterocycles. The quantitative estimate of drug-likeness (QED) is 0.786. The summed E-state index contributed by atoms with van der Waals surface area (Å²) >= 11 is 0. The van der Waals surface area contributed by atoms with Crippen molar-refractivity contribution in [3.8, 4) is 0 Å². The number of nitrogens with zero attached hydrogens (tertiary/aromatic N) is 3. The highest BCUT2D eigenvalue weighted by Crippen LogP contribution is 2.38. The van der Waals surface area contributed by atoms with Crippen molar-refractivity contribution < 1.29 is 0 Å². The summed E-state index contributed by atoms with van der Waals surface area (Å²) in [6.45, 7) is 4.00. The molecule has 1 saturated carbocycles. The lowest BCUT2D eigenvalue weighted by atomic mass is 9.79. The lowest BCUT2D eigenvalue weighted by Crippen LogP contribution is -2.32. The van der Waals surface area contributed by atoms with Crippen molar-refractivity contribution in [1.82, 2.24) is 14.9 Å². The maximum absolute atomic E-state index is 4.35. The van der Waals surface area contributed by atoms with Crippen LogP contribution in [0.5, 0.6) is 0 Å². The number of aromatic nitrogens is 2. The van der Waals surface area contributed by atoms with Gasteiger partial charge in [0.2, 0.25) is 0 Å². The molecule has 0 spiro atoms. The normalized spacial score (nSPS) is 17.3. The van der Waals surface area contributed by atoms with Gasteiger partial charge in [-0.05, 0) is 38.9 Å². The minimum Gasteiger partial charge on any atom is -0.299 e. The van der Waals surface area contributed by atoms with Crippen molar-refractivity contribution >= 4 is 0 Å². The summed E-state index contributed by atoms with van der Waals surface area (Å²) in [5, 5.41) is 0. The monoisotopic (exact) mass is 221 g/mol. The molecule has 1 aromatic heterocycles. The topological polar surface area (TPSA) is 29.0 Å². The van der Waals surface area contributed by atoms with E-state index in [9.17, 15) is 0 Å². The molecule has 1 aromatic rings. The van der Waals surface area contributed by atoms with Gasteiger partial charge in [0, 0.05) is 12.4 Å². The standard InChI is InChI=1S/C11H17N3.C2H6/c1-14(2)10(9-5-3-6-9)11-12-7-4-8-13-11;1-2/h4,7-10H,3,5-6H2,1-2H3;1-2H3. The van der Waals surface area contributed by atoms with Crippen LogP contribution in [0.2, 0.25) is 0 Å². The Morgan fingerprint density at radius 2 is 1.75 bits per heavy atom. The van der Waals surface area contributed by atoms with Crippen LogP contribution in [0.15, 0.2) is 18.5 Å². The predicted octanol–water partition coefficient (Wildman–Crippen LogP) is 2.91. The predicted molar refractivity (Wildman–Crippen MR) is 67.1 cm³/mol. The second kappa shape index (κ2) is 6.59. The van der Waals surface area contributed by atoms with Crippen LogP contribution in [-0.4, -0.2) is 29.0 Å². The number of hydrogen-bond acceptors (Lipinski definition) is 3. The lowest BCUT2D eigenvalue weighted by Gasteiger charge is -2.36. The largest absolute Gasteiger partial charge is 0.299 e. The van der Waals surface area contributed by atoms with Crippen LogP contribution in [0.1, 0.15) is 45.0 Å². The van der Waals surface area contributed by atoms with E-state index in [2.05, 4.69) is 29.0 Å². The molecule has 16 heavy (non-hydrogen) atoms. The van der Waals surface area contributed by atoms with Crippen LogP contribution >= 0.6 is 0 Å². The van der Waals surface area contributed by atoms with Crippen molar-refractivity contribution in [3.63, 3.8) is 0 Å². The molecule has 1 heterocycles. The molecule has 1 atom stereocenters. The average molecular weight is 221 g/mol. The summed E-state index contributed by atoms with van der Waals surface area (Å²) in [6.07, 6.45) is 7.67. The van der Waals surface area contributed by atoms with Crippen molar-refractivity contribution in [3.05, 3.63) is 24.3 Å². The fraction of sp³-hybridized carbons (Fsp3) is 0.692. The summed E-state index contributed by atoms with van der Waals surface area (Å²) in [7, 11) is 4.22. The molecular weight excluding hydrogens is 198 g/mol. The molecule has 0 N–H and O–H groups in total. The first kappa shape index (κ1) is 13.1. The van der Waals surface area contributed by atoms with E-state index in [0.29, 0.717) is 6.04 Å². The Kier molecular flexibility index (Phi) is 5.39. The molecule has 0 saturated heterocycles. The highest BCUT2D eigenvalue weighted by molar-refractivity contribution is 5.00. The molecule has 1 aliphatic rings. The van der Waals surface area contributed by atoms with Crippen molar-refractivity contribution in [2.24, 2.45) is 5.92 Å². The minimum absolute atomic E-state index is 0.407. The Bertz CT molecular complexity index is 280. The summed E-state index contributed by atoms with van der Waals surface area (Å²) in [5.74, 6) is 1.73. The Labute approximate surface area is 98.9 Å². The van der Waals surface area contributed by atoms with E-state index < -0.39 is 0 Å². The molecule has 2 rings (SSSR count). The van der Waals surface area contributed by atoms with Crippen LogP contribution in [0.25, 0.3) is 0 Å². The molecule has 1 aliphatic carbocycles. The van der Waals surface area contributed by atoms with E-state index in [1.165, 1.54) is 19.3 Å². The maximum Gasteiger partial charge on any atom is 0.145 e. The number of rotatable bonds is 3. The molecule has 90 valence electrons. The van der Waals surface area contributed by atoms with Gasteiger partial charge >= 0.3 is 0 Å². The first-order valence-electron chi connectivity index (χ1n) is 6.22. The van der Waals surface area contributed by atoms with Gasteiger partial charge in [-0.25, -0.2) is 9.97 Å². The first-order valence-corrected chi connectivity index (χ1v) is 6.22. The summed E-state index contributed by atoms with van der Waals surface area (Å²) in [4.78, 5) is 10.9. The molecule has 3 heteroatoms. The van der Waals surface area contributed by atoms with Crippen molar-refractivity contribution in [2.45, 2.75) is 39.2 Å². The van der Waals surface area contributed by atoms with E-state index in [4.69, 9.17) is 0 Å². The fourth-order valence-corrected chi connectivity index (χ4v) is 2.08.